The highest BCUT2D eigenvalue weighted by atomic mass is 35.5. The number of likely N-dealkylation sites (tertiary alicyclic amines) is 1. The molecule has 1 aromatic heterocycles. The maximum absolute atomic E-state index is 13.7. The smallest absolute Gasteiger partial charge is 0.287 e. The summed E-state index contributed by atoms with van der Waals surface area (Å²) in [5, 5.41) is 5.85. The average Bonchev–Trinajstić information content (AvgIpc) is 3.06. The first-order valence-corrected chi connectivity index (χ1v) is 9.13. The largest absolute Gasteiger partial charge is 0.456 e. The molecule has 2 heterocycles. The topological polar surface area (TPSA) is 74.6 Å². The van der Waals surface area contributed by atoms with Crippen LogP contribution in [0.15, 0.2) is 34.7 Å². The maximum atomic E-state index is 13.7. The van der Waals surface area contributed by atoms with Crippen molar-refractivity contribution in [2.75, 3.05) is 25.0 Å². The normalized spacial score (nSPS) is 15.5. The molecule has 0 atom stereocenters. The summed E-state index contributed by atoms with van der Waals surface area (Å²) >= 11 is 5.83. The fourth-order valence-corrected chi connectivity index (χ4v) is 3.21. The first-order valence-electron chi connectivity index (χ1n) is 8.75. The number of amides is 2. The summed E-state index contributed by atoms with van der Waals surface area (Å²) in [6.07, 6.45) is 1.45. The summed E-state index contributed by atoms with van der Waals surface area (Å²) in [5.74, 6) is -0.0576. The number of carbonyl (C=O) groups is 2. The number of benzene rings is 1. The molecule has 144 valence electrons. The van der Waals surface area contributed by atoms with Crippen LogP contribution in [-0.2, 0) is 4.79 Å². The molecule has 0 spiro atoms. The van der Waals surface area contributed by atoms with E-state index < -0.39 is 5.82 Å². The number of piperidine rings is 1. The van der Waals surface area contributed by atoms with Crippen molar-refractivity contribution in [1.82, 2.24) is 10.2 Å². The number of rotatable bonds is 5. The van der Waals surface area contributed by atoms with E-state index in [2.05, 4.69) is 10.6 Å². The predicted molar refractivity (Wildman–Crippen MR) is 100 cm³/mol. The maximum Gasteiger partial charge on any atom is 0.287 e. The molecule has 2 aromatic rings. The number of anilines is 1. The van der Waals surface area contributed by atoms with E-state index in [1.807, 2.05) is 4.90 Å². The first kappa shape index (κ1) is 19.4. The Hall–Kier alpha value is -2.38. The first-order chi connectivity index (χ1) is 12.9. The highest BCUT2D eigenvalue weighted by Crippen LogP contribution is 2.20. The second-order valence-corrected chi connectivity index (χ2v) is 7.04. The lowest BCUT2D eigenvalue weighted by atomic mass is 10.0. The van der Waals surface area contributed by atoms with Crippen molar-refractivity contribution in [2.24, 2.45) is 0 Å². The monoisotopic (exact) mass is 393 g/mol. The van der Waals surface area contributed by atoms with Crippen LogP contribution >= 0.6 is 11.6 Å². The fourth-order valence-electron chi connectivity index (χ4n) is 3.03. The van der Waals surface area contributed by atoms with Gasteiger partial charge in [0.2, 0.25) is 5.91 Å². The second-order valence-electron chi connectivity index (χ2n) is 6.61. The number of furan rings is 1. The summed E-state index contributed by atoms with van der Waals surface area (Å²) in [6, 6.07) is 7.46. The number of hydrogen-bond donors (Lipinski definition) is 2. The summed E-state index contributed by atoms with van der Waals surface area (Å²) in [5.41, 5.74) is 0.0726. The van der Waals surface area contributed by atoms with Crippen molar-refractivity contribution < 1.29 is 18.4 Å². The van der Waals surface area contributed by atoms with Crippen molar-refractivity contribution >= 4 is 29.1 Å². The number of halogens is 2. The lowest BCUT2D eigenvalue weighted by Gasteiger charge is -2.31. The molecule has 0 bridgehead atoms. The van der Waals surface area contributed by atoms with Gasteiger partial charge in [-0.1, -0.05) is 11.6 Å². The summed E-state index contributed by atoms with van der Waals surface area (Å²) in [6.45, 7) is 3.26. The Morgan fingerprint density at radius 3 is 2.67 bits per heavy atom. The number of nitrogens with one attached hydrogen (secondary N) is 2. The van der Waals surface area contributed by atoms with Crippen LogP contribution in [0, 0.1) is 12.7 Å². The molecule has 0 radical (unpaired) electrons. The van der Waals surface area contributed by atoms with Gasteiger partial charge in [0.1, 0.15) is 11.6 Å². The third-order valence-corrected chi connectivity index (χ3v) is 4.69. The van der Waals surface area contributed by atoms with Crippen LogP contribution in [0.4, 0.5) is 10.1 Å². The van der Waals surface area contributed by atoms with E-state index in [4.69, 9.17) is 16.0 Å². The van der Waals surface area contributed by atoms with Crippen LogP contribution in [0.1, 0.15) is 29.2 Å². The zero-order valence-corrected chi connectivity index (χ0v) is 15.7. The molecule has 1 aromatic carbocycles. The number of aryl methyl sites for hydroxylation is 1. The van der Waals surface area contributed by atoms with Crippen molar-refractivity contribution in [2.45, 2.75) is 25.8 Å². The average molecular weight is 394 g/mol. The standard InChI is InChI=1S/C19H21ClFN3O3/c1-12-2-5-17(27-12)19(26)22-14-6-8-24(9-7-14)11-18(25)23-16-10-13(20)3-4-15(16)21/h2-5,10,14H,6-9,11H2,1H3,(H,22,26)(H,23,25). The summed E-state index contributed by atoms with van der Waals surface area (Å²) in [7, 11) is 0. The molecular formula is C19H21ClFN3O3. The molecule has 1 saturated heterocycles. The molecular weight excluding hydrogens is 373 g/mol. The number of hydrogen-bond acceptors (Lipinski definition) is 4. The Labute approximate surface area is 161 Å². The van der Waals surface area contributed by atoms with Crippen molar-refractivity contribution in [3.8, 4) is 0 Å². The van der Waals surface area contributed by atoms with Gasteiger partial charge in [0, 0.05) is 24.2 Å². The summed E-state index contributed by atoms with van der Waals surface area (Å²) in [4.78, 5) is 26.2. The van der Waals surface area contributed by atoms with Gasteiger partial charge >= 0.3 is 0 Å². The fraction of sp³-hybridized carbons (Fsp3) is 0.368. The third kappa shape index (κ3) is 5.30. The predicted octanol–water partition coefficient (Wildman–Crippen LogP) is 3.21. The van der Waals surface area contributed by atoms with Crippen LogP contribution in [-0.4, -0.2) is 42.4 Å². The molecule has 2 amide bonds. The van der Waals surface area contributed by atoms with Crippen LogP contribution in [0.5, 0.6) is 0 Å². The zero-order valence-electron chi connectivity index (χ0n) is 14.9. The van der Waals surface area contributed by atoms with Crippen molar-refractivity contribution in [3.05, 3.63) is 52.7 Å². The van der Waals surface area contributed by atoms with E-state index in [1.54, 1.807) is 19.1 Å². The highest BCUT2D eigenvalue weighted by molar-refractivity contribution is 6.30. The summed E-state index contributed by atoms with van der Waals surface area (Å²) < 4.78 is 19.0. The molecule has 27 heavy (non-hydrogen) atoms. The van der Waals surface area contributed by atoms with E-state index in [1.165, 1.54) is 18.2 Å². The van der Waals surface area contributed by atoms with Crippen LogP contribution in [0.3, 0.4) is 0 Å². The Morgan fingerprint density at radius 1 is 1.26 bits per heavy atom. The molecule has 6 nitrogen and oxygen atoms in total. The van der Waals surface area contributed by atoms with Crippen molar-refractivity contribution in [3.63, 3.8) is 0 Å². The van der Waals surface area contributed by atoms with E-state index >= 15 is 0 Å². The van der Waals surface area contributed by atoms with Gasteiger partial charge in [0.05, 0.1) is 12.2 Å². The zero-order chi connectivity index (χ0) is 19.4. The van der Waals surface area contributed by atoms with Crippen LogP contribution in [0.25, 0.3) is 0 Å². The van der Waals surface area contributed by atoms with E-state index in [0.717, 1.165) is 12.8 Å². The molecule has 0 unspecified atom stereocenters. The van der Waals surface area contributed by atoms with Crippen molar-refractivity contribution in [1.29, 1.82) is 0 Å². The minimum Gasteiger partial charge on any atom is -0.456 e. The Morgan fingerprint density at radius 2 is 2.00 bits per heavy atom. The van der Waals surface area contributed by atoms with Gasteiger partial charge < -0.3 is 15.1 Å². The van der Waals surface area contributed by atoms with Gasteiger partial charge in [0.25, 0.3) is 5.91 Å². The molecule has 8 heteroatoms. The second kappa shape index (κ2) is 8.54. The number of carbonyl (C=O) groups excluding carboxylic acids is 2. The van der Waals surface area contributed by atoms with Gasteiger partial charge in [-0.3, -0.25) is 14.5 Å². The van der Waals surface area contributed by atoms with Crippen LogP contribution < -0.4 is 10.6 Å². The Bertz CT molecular complexity index is 831. The molecule has 1 fully saturated rings. The highest BCUT2D eigenvalue weighted by Gasteiger charge is 2.23. The van der Waals surface area contributed by atoms with Crippen LogP contribution in [0.2, 0.25) is 5.02 Å². The van der Waals surface area contributed by atoms with Gasteiger partial charge in [0.15, 0.2) is 5.76 Å². The molecule has 2 N–H and O–H groups in total. The van der Waals surface area contributed by atoms with Gasteiger partial charge in [-0.2, -0.15) is 0 Å². The molecule has 0 aliphatic carbocycles. The van der Waals surface area contributed by atoms with Gasteiger partial charge in [-0.25, -0.2) is 4.39 Å². The number of nitrogens with zero attached hydrogens (tertiary/aromatic N) is 1. The Kier molecular flexibility index (Phi) is 6.13. The van der Waals surface area contributed by atoms with Gasteiger partial charge in [-0.05, 0) is 50.1 Å². The molecule has 1 aliphatic rings. The third-order valence-electron chi connectivity index (χ3n) is 4.46. The quantitative estimate of drug-likeness (QED) is 0.818. The lowest BCUT2D eigenvalue weighted by molar-refractivity contribution is -0.117. The van der Waals surface area contributed by atoms with E-state index in [0.29, 0.717) is 29.6 Å². The SMILES string of the molecule is Cc1ccc(C(=O)NC2CCN(CC(=O)Nc3cc(Cl)ccc3F)CC2)o1. The van der Waals surface area contributed by atoms with E-state index in [-0.39, 0.29) is 30.1 Å². The minimum atomic E-state index is -0.526. The Balaban J connectivity index is 1.44. The molecule has 1 aliphatic heterocycles. The van der Waals surface area contributed by atoms with E-state index in [9.17, 15) is 14.0 Å². The molecule has 3 rings (SSSR count). The van der Waals surface area contributed by atoms with Gasteiger partial charge in [-0.15, -0.1) is 0 Å². The minimum absolute atomic E-state index is 0.0348. The lowest BCUT2D eigenvalue weighted by Crippen LogP contribution is -2.46. The molecule has 0 saturated carbocycles.